The molecule has 0 saturated heterocycles. The normalized spacial score (nSPS) is 4.60. The molecule has 0 spiro atoms. The van der Waals surface area contributed by atoms with Gasteiger partial charge in [0, 0.05) is 0 Å². The summed E-state index contributed by atoms with van der Waals surface area (Å²) in [6.07, 6.45) is 1.25. The molecule has 0 aliphatic heterocycles. The van der Waals surface area contributed by atoms with Crippen LogP contribution in [0.4, 0.5) is 0 Å². The summed E-state index contributed by atoms with van der Waals surface area (Å²) in [5.74, 6) is 0. The van der Waals surface area contributed by atoms with Crippen molar-refractivity contribution in [2.45, 2.75) is 27.1 Å². The summed E-state index contributed by atoms with van der Waals surface area (Å²) < 4.78 is 0. The first-order chi connectivity index (χ1) is 2.41. The van der Waals surface area contributed by atoms with Gasteiger partial charge in [-0.3, -0.25) is 0 Å². The molecule has 1 heteroatoms. The van der Waals surface area contributed by atoms with E-state index >= 15 is 0 Å². The second kappa shape index (κ2) is 33.7. The fraction of sp³-hybridized carbons (Fsp3) is 1.00. The first kappa shape index (κ1) is 8.91. The average Bonchev–Trinajstić information content (AvgIpc) is 1.46. The van der Waals surface area contributed by atoms with E-state index in [0.29, 0.717) is 0 Å². The molecule has 5 heavy (non-hydrogen) atoms. The molecule has 0 amide bonds. The molecule has 0 unspecified atom stereocenters. The molecule has 0 saturated carbocycles. The quantitative estimate of drug-likeness (QED) is 0.380. The highest BCUT2D eigenvalue weighted by Gasteiger charge is 1.35. The lowest BCUT2D eigenvalue weighted by atomic mass is 10.2. The third kappa shape index (κ3) is 4110. The lowest BCUT2D eigenvalue weighted by molar-refractivity contribution is 1.09. The molecule has 0 aliphatic carbocycles. The summed E-state index contributed by atoms with van der Waals surface area (Å²) in [6, 6.07) is 0. The fourth-order valence-corrected chi connectivity index (χ4v) is 0. The van der Waals surface area contributed by atoms with Gasteiger partial charge in [-0.15, -0.1) is 0 Å². The van der Waals surface area contributed by atoms with Crippen LogP contribution < -0.4 is 0 Å². The Morgan fingerprint density at radius 1 is 1.20 bits per heavy atom. The molecule has 0 nitrogen and oxygen atoms in total. The van der Waals surface area contributed by atoms with Crippen molar-refractivity contribution in [2.24, 2.45) is 0 Å². The monoisotopic (exact) mass is 70.1 g/mol. The first-order valence-corrected chi connectivity index (χ1v) is 1.99. The van der Waals surface area contributed by atoms with Crippen molar-refractivity contribution in [3.63, 3.8) is 0 Å². The summed E-state index contributed by atoms with van der Waals surface area (Å²) >= 11 is 0. The third-order valence-electron chi connectivity index (χ3n) is 0. The van der Waals surface area contributed by atoms with Crippen LogP contribution in [-0.4, -0.2) is 7.85 Å². The van der Waals surface area contributed by atoms with Gasteiger partial charge in [0.05, 0.1) is 7.85 Å². The van der Waals surface area contributed by atoms with E-state index < -0.39 is 0 Å². The number of hydrogen-bond acceptors (Lipinski definition) is 0. The van der Waals surface area contributed by atoms with Crippen molar-refractivity contribution < 1.29 is 0 Å². The lowest BCUT2D eigenvalue weighted by Crippen LogP contribution is -1.27. The molecular weight excluding hydrogens is 58.9 g/mol. The predicted molar refractivity (Wildman–Crippen MR) is 27.6 cm³/mol. The third-order valence-corrected chi connectivity index (χ3v) is 0. The standard InChI is InChI=1S/C3H8.CH3B/c1-3-2;1-2/h3H2,1-2H3;1H3. The van der Waals surface area contributed by atoms with Crippen molar-refractivity contribution in [3.8, 4) is 0 Å². The largest absolute Gasteiger partial charge is 0.0999 e. The second-order valence-electron chi connectivity index (χ2n) is 0.707. The second-order valence-corrected chi connectivity index (χ2v) is 0.707. The maximum atomic E-state index is 4.50. The fourth-order valence-electron chi connectivity index (χ4n) is 0. The van der Waals surface area contributed by atoms with Crippen LogP contribution in [0.15, 0.2) is 0 Å². The van der Waals surface area contributed by atoms with E-state index in [-0.39, 0.29) is 0 Å². The molecule has 0 N–H and O–H groups in total. The van der Waals surface area contributed by atoms with Crippen LogP contribution in [0.2, 0.25) is 6.82 Å². The Bertz CT molecular complexity index is 3.61. The Morgan fingerprint density at radius 2 is 1.20 bits per heavy atom. The van der Waals surface area contributed by atoms with Crippen LogP contribution in [0.5, 0.6) is 0 Å². The van der Waals surface area contributed by atoms with Crippen molar-refractivity contribution in [2.75, 3.05) is 0 Å². The first-order valence-electron chi connectivity index (χ1n) is 1.99. The Labute approximate surface area is 36.0 Å². The van der Waals surface area contributed by atoms with Gasteiger partial charge in [-0.05, 0) is 0 Å². The topological polar surface area (TPSA) is 0 Å². The predicted octanol–water partition coefficient (Wildman–Crippen LogP) is 1.62. The van der Waals surface area contributed by atoms with Crippen LogP contribution in [0.1, 0.15) is 20.3 Å². The Morgan fingerprint density at radius 3 is 1.20 bits per heavy atom. The number of rotatable bonds is 0. The summed E-state index contributed by atoms with van der Waals surface area (Å²) in [5.41, 5.74) is 0. The van der Waals surface area contributed by atoms with Gasteiger partial charge in [0.2, 0.25) is 0 Å². The van der Waals surface area contributed by atoms with Crippen LogP contribution >= 0.6 is 0 Å². The molecule has 0 atom stereocenters. The van der Waals surface area contributed by atoms with E-state index in [1.54, 1.807) is 0 Å². The zero-order chi connectivity index (χ0) is 4.71. The molecule has 2 radical (unpaired) electrons. The van der Waals surface area contributed by atoms with E-state index in [1.165, 1.54) is 13.2 Å². The van der Waals surface area contributed by atoms with Crippen LogP contribution in [0.25, 0.3) is 0 Å². The maximum absolute atomic E-state index is 4.50. The van der Waals surface area contributed by atoms with Gasteiger partial charge in [-0.2, -0.15) is 0 Å². The number of hydrogen-bond donors (Lipinski definition) is 0. The summed E-state index contributed by atoms with van der Waals surface area (Å²) in [4.78, 5) is 0. The minimum absolute atomic E-state index is 1.25. The van der Waals surface area contributed by atoms with Gasteiger partial charge < -0.3 is 0 Å². The summed E-state index contributed by atoms with van der Waals surface area (Å²) in [6.45, 7) is 5.75. The molecule has 0 bridgehead atoms. The van der Waals surface area contributed by atoms with Crippen LogP contribution in [-0.2, 0) is 0 Å². The van der Waals surface area contributed by atoms with Crippen LogP contribution in [0, 0.1) is 0 Å². The highest BCUT2D eigenvalue weighted by Crippen LogP contribution is 1.56. The lowest BCUT2D eigenvalue weighted by Gasteiger charge is -1.48. The molecule has 30 valence electrons. The molecule has 0 fully saturated rings. The zero-order valence-corrected chi connectivity index (χ0v) is 4.28. The Hall–Kier alpha value is 0.0649. The van der Waals surface area contributed by atoms with Gasteiger partial charge >= 0.3 is 0 Å². The molecule has 0 aromatic carbocycles. The van der Waals surface area contributed by atoms with Crippen molar-refractivity contribution in [1.29, 1.82) is 0 Å². The Kier molecular flexibility index (Phi) is 60.0. The summed E-state index contributed by atoms with van der Waals surface area (Å²) in [7, 11) is 4.50. The zero-order valence-electron chi connectivity index (χ0n) is 4.28. The van der Waals surface area contributed by atoms with E-state index in [9.17, 15) is 0 Å². The maximum Gasteiger partial charge on any atom is 0.0606 e. The minimum atomic E-state index is 1.25. The van der Waals surface area contributed by atoms with Crippen LogP contribution in [0.3, 0.4) is 0 Å². The van der Waals surface area contributed by atoms with Crippen molar-refractivity contribution in [3.05, 3.63) is 0 Å². The smallest absolute Gasteiger partial charge is 0.0606 e. The van der Waals surface area contributed by atoms with Gasteiger partial charge in [0.15, 0.2) is 0 Å². The van der Waals surface area contributed by atoms with E-state index in [2.05, 4.69) is 21.7 Å². The average molecular weight is 69.9 g/mol. The van der Waals surface area contributed by atoms with Gasteiger partial charge in [-0.1, -0.05) is 27.1 Å². The highest BCUT2D eigenvalue weighted by molar-refractivity contribution is 6.05. The molecule has 0 aliphatic rings. The SMILES string of the molecule is CCC.[B]C. The minimum Gasteiger partial charge on any atom is -0.0999 e. The highest BCUT2D eigenvalue weighted by atomic mass is 13.4. The molecule has 0 aromatic rings. The molecule has 0 rings (SSSR count). The van der Waals surface area contributed by atoms with Crippen molar-refractivity contribution in [1.82, 2.24) is 0 Å². The van der Waals surface area contributed by atoms with Gasteiger partial charge in [0.1, 0.15) is 0 Å². The van der Waals surface area contributed by atoms with E-state index in [4.69, 9.17) is 0 Å². The van der Waals surface area contributed by atoms with Crippen molar-refractivity contribution >= 4 is 7.85 Å². The summed E-state index contributed by atoms with van der Waals surface area (Å²) in [5, 5.41) is 0. The molecule has 0 heterocycles. The van der Waals surface area contributed by atoms with E-state index in [1.807, 2.05) is 0 Å². The van der Waals surface area contributed by atoms with E-state index in [0.717, 1.165) is 0 Å². The molecular formula is C4H11B. The molecule has 0 aromatic heterocycles. The van der Waals surface area contributed by atoms with Gasteiger partial charge in [-0.25, -0.2) is 0 Å². The Balaban J connectivity index is 0. The van der Waals surface area contributed by atoms with Gasteiger partial charge in [0.25, 0.3) is 0 Å².